The predicted molar refractivity (Wildman–Crippen MR) is 158 cm³/mol. The molecule has 0 aliphatic carbocycles. The summed E-state index contributed by atoms with van der Waals surface area (Å²) in [4.78, 5) is 28.2. The highest BCUT2D eigenvalue weighted by molar-refractivity contribution is 7.10. The zero-order chi connectivity index (χ0) is 27.6. The first kappa shape index (κ1) is 28.0. The Kier molecular flexibility index (Phi) is 9.86. The van der Waals surface area contributed by atoms with Crippen LogP contribution in [0.3, 0.4) is 0 Å². The van der Waals surface area contributed by atoms with E-state index in [0.29, 0.717) is 5.56 Å². The van der Waals surface area contributed by atoms with Crippen LogP contribution in [-0.2, 0) is 11.2 Å². The summed E-state index contributed by atoms with van der Waals surface area (Å²) < 4.78 is 0. The van der Waals surface area contributed by atoms with E-state index in [0.717, 1.165) is 33.9 Å². The van der Waals surface area contributed by atoms with E-state index in [4.69, 9.17) is 10.1 Å². The van der Waals surface area contributed by atoms with Crippen LogP contribution in [0, 0.1) is 6.92 Å². The molecule has 7 heteroatoms. The Bertz CT molecular complexity index is 1360. The first-order valence-corrected chi connectivity index (χ1v) is 14.3. The van der Waals surface area contributed by atoms with Gasteiger partial charge in [-0.3, -0.25) is 9.59 Å². The first-order valence-electron chi connectivity index (χ1n) is 13.4. The van der Waals surface area contributed by atoms with Crippen LogP contribution >= 0.6 is 11.3 Å². The standard InChI is InChI=1S/C32H35N3O3S/c1-3-4-5-6-23-9-11-24(12-10-23)28-21-39-32(35-28)30(34-27-17-7-22(2)8-18-27)25-13-15-26(16-14-25)31(38)33-20-19-29(36)37/h7-18,21,30,34H,3-6,19-20H2,1-2H3,(H,33,38)(H,36,37). The Hall–Kier alpha value is -3.97. The molecular formula is C32H35N3O3S. The molecule has 4 rings (SSSR count). The number of nitrogens with one attached hydrogen (secondary N) is 2. The lowest BCUT2D eigenvalue weighted by Gasteiger charge is -2.19. The summed E-state index contributed by atoms with van der Waals surface area (Å²) in [6.07, 6.45) is 4.68. The molecule has 0 fully saturated rings. The van der Waals surface area contributed by atoms with Gasteiger partial charge in [-0.2, -0.15) is 0 Å². The highest BCUT2D eigenvalue weighted by Crippen LogP contribution is 2.32. The molecular weight excluding hydrogens is 506 g/mol. The molecule has 1 heterocycles. The summed E-state index contributed by atoms with van der Waals surface area (Å²) in [6, 6.07) is 24.1. The van der Waals surface area contributed by atoms with Gasteiger partial charge in [-0.15, -0.1) is 11.3 Å². The number of hydrogen-bond acceptors (Lipinski definition) is 5. The molecule has 0 saturated heterocycles. The van der Waals surface area contributed by atoms with E-state index in [9.17, 15) is 9.59 Å². The van der Waals surface area contributed by atoms with Crippen molar-refractivity contribution in [2.45, 2.75) is 52.0 Å². The fourth-order valence-corrected chi connectivity index (χ4v) is 5.19. The zero-order valence-corrected chi connectivity index (χ0v) is 23.3. The number of anilines is 1. The Morgan fingerprint density at radius 1 is 0.949 bits per heavy atom. The molecule has 0 radical (unpaired) electrons. The van der Waals surface area contributed by atoms with Crippen LogP contribution in [0.15, 0.2) is 78.2 Å². The maximum Gasteiger partial charge on any atom is 0.305 e. The summed E-state index contributed by atoms with van der Waals surface area (Å²) in [6.45, 7) is 4.37. The summed E-state index contributed by atoms with van der Waals surface area (Å²) in [5.41, 5.74) is 7.02. The largest absolute Gasteiger partial charge is 0.481 e. The highest BCUT2D eigenvalue weighted by atomic mass is 32.1. The molecule has 0 bridgehead atoms. The number of unbranched alkanes of at least 4 members (excludes halogenated alkanes) is 2. The second-order valence-electron chi connectivity index (χ2n) is 9.69. The summed E-state index contributed by atoms with van der Waals surface area (Å²) in [5, 5.41) is 18.1. The van der Waals surface area contributed by atoms with Gasteiger partial charge < -0.3 is 15.7 Å². The normalized spacial score (nSPS) is 11.6. The number of carboxylic acids is 1. The molecule has 1 atom stereocenters. The van der Waals surface area contributed by atoms with Gasteiger partial charge in [0.25, 0.3) is 5.91 Å². The molecule has 0 spiro atoms. The van der Waals surface area contributed by atoms with Gasteiger partial charge in [0.1, 0.15) is 11.0 Å². The maximum absolute atomic E-state index is 12.4. The SMILES string of the molecule is CCCCCc1ccc(-c2csc(C(Nc3ccc(C)cc3)c3ccc(C(=O)NCCC(=O)O)cc3)n2)cc1. The lowest BCUT2D eigenvalue weighted by molar-refractivity contribution is -0.136. The minimum atomic E-state index is -0.943. The van der Waals surface area contributed by atoms with Gasteiger partial charge in [-0.25, -0.2) is 4.98 Å². The topological polar surface area (TPSA) is 91.3 Å². The van der Waals surface area contributed by atoms with Crippen LogP contribution in [0.4, 0.5) is 5.69 Å². The van der Waals surface area contributed by atoms with Crippen molar-refractivity contribution in [1.82, 2.24) is 10.3 Å². The first-order chi connectivity index (χ1) is 18.9. The molecule has 1 unspecified atom stereocenters. The molecule has 3 aromatic carbocycles. The van der Waals surface area contributed by atoms with Crippen LogP contribution in [0.2, 0.25) is 0 Å². The van der Waals surface area contributed by atoms with Gasteiger partial charge in [0, 0.05) is 28.7 Å². The van der Waals surface area contributed by atoms with Gasteiger partial charge in [-0.1, -0.05) is 73.9 Å². The third-order valence-corrected chi connectivity index (χ3v) is 7.49. The van der Waals surface area contributed by atoms with Crippen molar-refractivity contribution in [3.8, 4) is 11.3 Å². The van der Waals surface area contributed by atoms with Crippen LogP contribution < -0.4 is 10.6 Å². The average Bonchev–Trinajstić information content (AvgIpc) is 3.43. The fraction of sp³-hybridized carbons (Fsp3) is 0.281. The molecule has 39 heavy (non-hydrogen) atoms. The number of carboxylic acid groups (broad SMARTS) is 1. The number of rotatable bonds is 13. The van der Waals surface area contributed by atoms with E-state index in [2.05, 4.69) is 78.4 Å². The second kappa shape index (κ2) is 13.7. The van der Waals surface area contributed by atoms with E-state index in [-0.39, 0.29) is 24.9 Å². The van der Waals surface area contributed by atoms with Crippen molar-refractivity contribution in [2.75, 3.05) is 11.9 Å². The van der Waals surface area contributed by atoms with Crippen LogP contribution in [-0.4, -0.2) is 28.5 Å². The Morgan fingerprint density at radius 3 is 2.33 bits per heavy atom. The predicted octanol–water partition coefficient (Wildman–Crippen LogP) is 7.26. The van der Waals surface area contributed by atoms with Crippen LogP contribution in [0.25, 0.3) is 11.3 Å². The van der Waals surface area contributed by atoms with Crippen molar-refractivity contribution >= 4 is 28.9 Å². The smallest absolute Gasteiger partial charge is 0.305 e. The molecule has 1 aromatic heterocycles. The molecule has 0 saturated carbocycles. The van der Waals surface area contributed by atoms with E-state index >= 15 is 0 Å². The lowest BCUT2D eigenvalue weighted by Crippen LogP contribution is -2.26. The molecule has 6 nitrogen and oxygen atoms in total. The second-order valence-corrected chi connectivity index (χ2v) is 10.6. The highest BCUT2D eigenvalue weighted by Gasteiger charge is 2.19. The number of hydrogen-bond donors (Lipinski definition) is 3. The summed E-state index contributed by atoms with van der Waals surface area (Å²) in [7, 11) is 0. The number of carbonyl (C=O) groups is 2. The Morgan fingerprint density at radius 2 is 1.67 bits per heavy atom. The average molecular weight is 542 g/mol. The van der Waals surface area contributed by atoms with E-state index in [1.54, 1.807) is 23.5 Å². The summed E-state index contributed by atoms with van der Waals surface area (Å²) >= 11 is 1.61. The van der Waals surface area contributed by atoms with Gasteiger partial charge in [-0.05, 0) is 55.2 Å². The van der Waals surface area contributed by atoms with Crippen LogP contribution in [0.5, 0.6) is 0 Å². The fourth-order valence-electron chi connectivity index (χ4n) is 4.29. The number of benzene rings is 3. The van der Waals surface area contributed by atoms with E-state index < -0.39 is 5.97 Å². The van der Waals surface area contributed by atoms with E-state index in [1.165, 1.54) is 30.4 Å². The van der Waals surface area contributed by atoms with Crippen molar-refractivity contribution in [2.24, 2.45) is 0 Å². The molecule has 0 aliphatic heterocycles. The van der Waals surface area contributed by atoms with Crippen molar-refractivity contribution in [3.05, 3.63) is 105 Å². The van der Waals surface area contributed by atoms with E-state index in [1.807, 2.05) is 12.1 Å². The van der Waals surface area contributed by atoms with Crippen molar-refractivity contribution in [1.29, 1.82) is 0 Å². The quantitative estimate of drug-likeness (QED) is 0.155. The number of amides is 1. The molecule has 202 valence electrons. The number of aryl methyl sites for hydroxylation is 2. The number of carbonyl (C=O) groups excluding carboxylic acids is 1. The third kappa shape index (κ3) is 8.01. The summed E-state index contributed by atoms with van der Waals surface area (Å²) in [5.74, 6) is -1.23. The zero-order valence-electron chi connectivity index (χ0n) is 22.4. The monoisotopic (exact) mass is 541 g/mol. The minimum absolute atomic E-state index is 0.0924. The van der Waals surface area contributed by atoms with Crippen molar-refractivity contribution < 1.29 is 14.7 Å². The molecule has 1 amide bonds. The minimum Gasteiger partial charge on any atom is -0.481 e. The number of nitrogens with zero attached hydrogens (tertiary/aromatic N) is 1. The van der Waals surface area contributed by atoms with Gasteiger partial charge in [0.05, 0.1) is 12.1 Å². The molecule has 0 aliphatic rings. The molecule has 3 N–H and O–H groups in total. The van der Waals surface area contributed by atoms with Gasteiger partial charge in [0.15, 0.2) is 0 Å². The lowest BCUT2D eigenvalue weighted by atomic mass is 10.0. The van der Waals surface area contributed by atoms with Crippen molar-refractivity contribution in [3.63, 3.8) is 0 Å². The molecule has 4 aromatic rings. The number of aliphatic carboxylic acids is 1. The van der Waals surface area contributed by atoms with Gasteiger partial charge >= 0.3 is 5.97 Å². The third-order valence-electron chi connectivity index (χ3n) is 6.58. The maximum atomic E-state index is 12.4. The van der Waals surface area contributed by atoms with Gasteiger partial charge in [0.2, 0.25) is 0 Å². The Labute approximate surface area is 234 Å². The number of aromatic nitrogens is 1. The Balaban J connectivity index is 1.55. The van der Waals surface area contributed by atoms with Crippen LogP contribution in [0.1, 0.15) is 70.7 Å². The number of thiazole rings is 1.